The lowest BCUT2D eigenvalue weighted by atomic mass is 9.91. The Labute approximate surface area is 316 Å². The van der Waals surface area contributed by atoms with E-state index in [9.17, 15) is 0 Å². The number of benzene rings is 7. The molecule has 2 heterocycles. The molecule has 0 aliphatic heterocycles. The second-order valence-electron chi connectivity index (χ2n) is 13.5. The van der Waals surface area contributed by atoms with E-state index in [1.165, 1.54) is 61.2 Å². The van der Waals surface area contributed by atoms with Crippen LogP contribution in [0.3, 0.4) is 0 Å². The Hall–Kier alpha value is -7.16. The Morgan fingerprint density at radius 2 is 0.370 bits per heavy atom. The van der Waals surface area contributed by atoms with Crippen LogP contribution in [0.5, 0.6) is 0 Å². The number of pyridine rings is 2. The Balaban J connectivity index is 1.08. The fraction of sp³-hybridized carbons (Fsp3) is 0. The normalized spacial score (nSPS) is 11.0. The van der Waals surface area contributed by atoms with Crippen molar-refractivity contribution in [3.05, 3.63) is 219 Å². The molecular weight excluding hydrogens is 653 g/mol. The molecule has 0 saturated carbocycles. The first-order valence-electron chi connectivity index (χ1n) is 18.3. The Morgan fingerprint density at radius 3 is 0.667 bits per heavy atom. The van der Waals surface area contributed by atoms with Gasteiger partial charge in [-0.25, -0.2) is 0 Å². The molecule has 9 aromatic rings. The minimum absolute atomic E-state index is 1.14. The first-order chi connectivity index (χ1) is 26.7. The van der Waals surface area contributed by atoms with Crippen LogP contribution in [-0.4, -0.2) is 9.97 Å². The van der Waals surface area contributed by atoms with Crippen LogP contribution in [0.1, 0.15) is 0 Å². The predicted molar refractivity (Wildman–Crippen MR) is 226 cm³/mol. The van der Waals surface area contributed by atoms with Crippen LogP contribution >= 0.6 is 0 Å². The predicted octanol–water partition coefficient (Wildman–Crippen LogP) is 13.8. The van der Waals surface area contributed by atoms with Crippen LogP contribution in [0, 0.1) is 0 Å². The zero-order chi connectivity index (χ0) is 36.1. The summed E-state index contributed by atoms with van der Waals surface area (Å²) < 4.78 is 0. The van der Waals surface area contributed by atoms with Crippen LogP contribution in [0.15, 0.2) is 219 Å². The lowest BCUT2D eigenvalue weighted by molar-refractivity contribution is 1.33. The Bertz CT molecular complexity index is 2390. The lowest BCUT2D eigenvalue weighted by Crippen LogP contribution is -1.88. The molecular formula is C52H36N2. The quantitative estimate of drug-likeness (QED) is 0.159. The molecule has 7 aromatic carbocycles. The van der Waals surface area contributed by atoms with Crippen LogP contribution in [-0.2, 0) is 0 Å². The smallest absolute Gasteiger partial charge is 0.0273 e. The number of nitrogens with zero attached hydrogens (tertiary/aromatic N) is 2. The van der Waals surface area contributed by atoms with E-state index >= 15 is 0 Å². The maximum Gasteiger partial charge on any atom is 0.0273 e. The first kappa shape index (κ1) is 32.7. The molecule has 0 aliphatic rings. The molecule has 0 saturated heterocycles. The van der Waals surface area contributed by atoms with Crippen molar-refractivity contribution < 1.29 is 0 Å². The average molecular weight is 689 g/mol. The summed E-state index contributed by atoms with van der Waals surface area (Å²) in [7, 11) is 0. The molecule has 2 nitrogen and oxygen atoms in total. The van der Waals surface area contributed by atoms with Gasteiger partial charge in [-0.1, -0.05) is 115 Å². The monoisotopic (exact) mass is 688 g/mol. The van der Waals surface area contributed by atoms with E-state index in [4.69, 9.17) is 0 Å². The molecule has 0 bridgehead atoms. The highest BCUT2D eigenvalue weighted by Gasteiger charge is 2.11. The molecule has 0 amide bonds. The van der Waals surface area contributed by atoms with Crippen molar-refractivity contribution in [1.82, 2.24) is 9.97 Å². The lowest BCUT2D eigenvalue weighted by Gasteiger charge is -2.13. The van der Waals surface area contributed by atoms with Gasteiger partial charge in [-0.05, 0) is 168 Å². The maximum atomic E-state index is 4.25. The van der Waals surface area contributed by atoms with Crippen molar-refractivity contribution >= 4 is 0 Å². The molecule has 9 rings (SSSR count). The fourth-order valence-corrected chi connectivity index (χ4v) is 7.24. The second kappa shape index (κ2) is 14.8. The van der Waals surface area contributed by atoms with E-state index in [0.717, 1.165) is 27.8 Å². The number of aromatic nitrogens is 2. The maximum absolute atomic E-state index is 4.25. The van der Waals surface area contributed by atoms with Gasteiger partial charge in [0.15, 0.2) is 0 Å². The molecule has 0 atom stereocenters. The third-order valence-electron chi connectivity index (χ3n) is 10.0. The van der Waals surface area contributed by atoms with E-state index in [-0.39, 0.29) is 0 Å². The summed E-state index contributed by atoms with van der Waals surface area (Å²) in [5.41, 5.74) is 18.8. The van der Waals surface area contributed by atoms with Crippen LogP contribution < -0.4 is 0 Å². The topological polar surface area (TPSA) is 25.8 Å². The van der Waals surface area contributed by atoms with Crippen LogP contribution in [0.25, 0.3) is 89.0 Å². The molecule has 2 heteroatoms. The van der Waals surface area contributed by atoms with Gasteiger partial charge in [-0.15, -0.1) is 0 Å². The van der Waals surface area contributed by atoms with Gasteiger partial charge in [0.05, 0.1) is 0 Å². The largest absolute Gasteiger partial charge is 0.265 e. The van der Waals surface area contributed by atoms with Gasteiger partial charge in [0.2, 0.25) is 0 Å². The zero-order valence-corrected chi connectivity index (χ0v) is 29.7. The summed E-state index contributed by atoms with van der Waals surface area (Å²) in [6.45, 7) is 0. The summed E-state index contributed by atoms with van der Waals surface area (Å²) in [5.74, 6) is 0. The average Bonchev–Trinajstić information content (AvgIpc) is 3.27. The third kappa shape index (κ3) is 7.01. The SMILES string of the molecule is c1ccc(-c2cc(-c3ccccc3)cc(-c3cccc(-c4cccc(-c5cccc(-c6cc(-c7ccncc7)cc(-c7ccncc7)c6)c5)c4)c3)c2)cc1. The molecule has 0 aliphatic carbocycles. The van der Waals surface area contributed by atoms with Crippen molar-refractivity contribution in [2.45, 2.75) is 0 Å². The van der Waals surface area contributed by atoms with E-state index in [0.29, 0.717) is 0 Å². The van der Waals surface area contributed by atoms with Gasteiger partial charge < -0.3 is 0 Å². The summed E-state index contributed by atoms with van der Waals surface area (Å²) >= 11 is 0. The summed E-state index contributed by atoms with van der Waals surface area (Å²) in [5, 5.41) is 0. The van der Waals surface area contributed by atoms with Crippen molar-refractivity contribution in [3.63, 3.8) is 0 Å². The molecule has 0 radical (unpaired) electrons. The standard InChI is InChI=1S/C52H36N2/c1-3-10-37(11-4-1)47-31-48(38-12-5-2-6-13-38)34-51(33-47)45-18-8-16-43(29-45)41-14-7-15-42(28-41)44-17-9-19-46(30-44)52-35-49(39-20-24-53-25-21-39)32-50(36-52)40-22-26-54-27-23-40/h1-36H. The molecule has 2 aromatic heterocycles. The number of hydrogen-bond acceptors (Lipinski definition) is 2. The van der Waals surface area contributed by atoms with E-state index < -0.39 is 0 Å². The fourth-order valence-electron chi connectivity index (χ4n) is 7.24. The van der Waals surface area contributed by atoms with E-state index in [1.54, 1.807) is 0 Å². The van der Waals surface area contributed by atoms with Crippen LogP contribution in [0.4, 0.5) is 0 Å². The zero-order valence-electron chi connectivity index (χ0n) is 29.7. The molecule has 0 spiro atoms. The molecule has 254 valence electrons. The summed E-state index contributed by atoms with van der Waals surface area (Å²) in [6, 6.07) is 69.9. The minimum Gasteiger partial charge on any atom is -0.265 e. The van der Waals surface area contributed by atoms with Crippen molar-refractivity contribution in [1.29, 1.82) is 0 Å². The van der Waals surface area contributed by atoms with Crippen molar-refractivity contribution in [3.8, 4) is 89.0 Å². The number of rotatable bonds is 8. The highest BCUT2D eigenvalue weighted by molar-refractivity contribution is 5.85. The van der Waals surface area contributed by atoms with Crippen molar-refractivity contribution in [2.75, 3.05) is 0 Å². The molecule has 0 fully saturated rings. The molecule has 0 unspecified atom stereocenters. The van der Waals surface area contributed by atoms with Gasteiger partial charge in [0.1, 0.15) is 0 Å². The van der Waals surface area contributed by atoms with E-state index in [2.05, 4.69) is 204 Å². The summed E-state index contributed by atoms with van der Waals surface area (Å²) in [4.78, 5) is 8.50. The minimum atomic E-state index is 1.14. The third-order valence-corrected chi connectivity index (χ3v) is 10.0. The van der Waals surface area contributed by atoms with Crippen molar-refractivity contribution in [2.24, 2.45) is 0 Å². The Morgan fingerprint density at radius 1 is 0.167 bits per heavy atom. The van der Waals surface area contributed by atoms with Gasteiger partial charge in [-0.2, -0.15) is 0 Å². The van der Waals surface area contributed by atoms with Gasteiger partial charge in [0, 0.05) is 24.8 Å². The van der Waals surface area contributed by atoms with Gasteiger partial charge in [-0.3, -0.25) is 9.97 Å². The first-order valence-corrected chi connectivity index (χ1v) is 18.3. The summed E-state index contributed by atoms with van der Waals surface area (Å²) in [6.07, 6.45) is 7.39. The highest BCUT2D eigenvalue weighted by atomic mass is 14.6. The molecule has 0 N–H and O–H groups in total. The Kier molecular flexibility index (Phi) is 8.99. The van der Waals surface area contributed by atoms with Gasteiger partial charge in [0.25, 0.3) is 0 Å². The van der Waals surface area contributed by atoms with Crippen LogP contribution in [0.2, 0.25) is 0 Å². The second-order valence-corrected chi connectivity index (χ2v) is 13.5. The highest BCUT2D eigenvalue weighted by Crippen LogP contribution is 2.37. The van der Waals surface area contributed by atoms with E-state index in [1.807, 2.05) is 24.8 Å². The number of hydrogen-bond donors (Lipinski definition) is 0. The van der Waals surface area contributed by atoms with Gasteiger partial charge >= 0.3 is 0 Å². The molecule has 54 heavy (non-hydrogen) atoms.